The number of H-pyrrole nitrogens is 1. The van der Waals surface area contributed by atoms with Crippen LogP contribution in [0.4, 0.5) is 0 Å². The molecule has 1 aliphatic heterocycles. The predicted molar refractivity (Wildman–Crippen MR) is 130 cm³/mol. The number of aromatic amines is 1. The fraction of sp³-hybridized carbons (Fsp3) is 0.440. The van der Waals surface area contributed by atoms with E-state index in [9.17, 15) is 9.59 Å². The van der Waals surface area contributed by atoms with E-state index in [0.717, 1.165) is 72.0 Å². The van der Waals surface area contributed by atoms with Crippen LogP contribution in [-0.4, -0.2) is 32.1 Å². The molecule has 7 heteroatoms. The molecule has 6 nitrogen and oxygen atoms in total. The third-order valence-corrected chi connectivity index (χ3v) is 8.38. The number of thiophene rings is 1. The monoisotopic (exact) mass is 448 g/mol. The molecule has 0 spiro atoms. The van der Waals surface area contributed by atoms with Crippen molar-refractivity contribution >= 4 is 32.5 Å². The van der Waals surface area contributed by atoms with Crippen molar-refractivity contribution in [3.63, 3.8) is 0 Å². The Hall–Kier alpha value is -2.64. The van der Waals surface area contributed by atoms with Gasteiger partial charge in [0.2, 0.25) is 0 Å². The van der Waals surface area contributed by atoms with Gasteiger partial charge in [0.25, 0.3) is 5.56 Å². The lowest BCUT2D eigenvalue weighted by molar-refractivity contribution is 0.332. The molecule has 6 rings (SSSR count). The SMILES string of the molecule is Cn1cc(CN2CCCC2)c2cc(-n3c(=O)[nH]c4sc5c(c4c3=O)CCCCC5)ccc21. The third-order valence-electron chi connectivity index (χ3n) is 7.17. The lowest BCUT2D eigenvalue weighted by Gasteiger charge is -2.14. The van der Waals surface area contributed by atoms with Gasteiger partial charge in [-0.05, 0) is 80.9 Å². The second kappa shape index (κ2) is 7.74. The summed E-state index contributed by atoms with van der Waals surface area (Å²) in [4.78, 5) is 34.2. The van der Waals surface area contributed by atoms with Crippen molar-refractivity contribution in [2.75, 3.05) is 13.1 Å². The van der Waals surface area contributed by atoms with Gasteiger partial charge in [0.15, 0.2) is 0 Å². The number of benzene rings is 1. The largest absolute Gasteiger partial charge is 0.350 e. The zero-order valence-corrected chi connectivity index (χ0v) is 19.3. The molecule has 1 aliphatic carbocycles. The summed E-state index contributed by atoms with van der Waals surface area (Å²) in [5.74, 6) is 0. The Kier molecular flexibility index (Phi) is 4.84. The van der Waals surface area contributed by atoms with Crippen molar-refractivity contribution in [2.45, 2.75) is 51.5 Å². The highest BCUT2D eigenvalue weighted by molar-refractivity contribution is 7.18. The van der Waals surface area contributed by atoms with E-state index in [4.69, 9.17) is 0 Å². The summed E-state index contributed by atoms with van der Waals surface area (Å²) in [6, 6.07) is 5.95. The molecule has 2 aliphatic rings. The molecule has 0 atom stereocenters. The molecule has 0 unspecified atom stereocenters. The van der Waals surface area contributed by atoms with E-state index in [1.54, 1.807) is 11.3 Å². The maximum absolute atomic E-state index is 13.6. The van der Waals surface area contributed by atoms with Gasteiger partial charge in [-0.1, -0.05) is 6.42 Å². The van der Waals surface area contributed by atoms with E-state index in [1.165, 1.54) is 34.3 Å². The van der Waals surface area contributed by atoms with Crippen LogP contribution in [0.1, 0.15) is 48.1 Å². The highest BCUT2D eigenvalue weighted by atomic mass is 32.1. The van der Waals surface area contributed by atoms with E-state index < -0.39 is 0 Å². The normalized spacial score (nSPS) is 17.3. The van der Waals surface area contributed by atoms with Crippen LogP contribution in [0.15, 0.2) is 34.0 Å². The molecule has 0 bridgehead atoms. The van der Waals surface area contributed by atoms with Crippen molar-refractivity contribution < 1.29 is 0 Å². The van der Waals surface area contributed by atoms with Gasteiger partial charge in [-0.2, -0.15) is 0 Å². The van der Waals surface area contributed by atoms with Crippen LogP contribution >= 0.6 is 11.3 Å². The van der Waals surface area contributed by atoms with Crippen molar-refractivity contribution in [1.82, 2.24) is 19.0 Å². The molecular formula is C25H28N4O2S. The van der Waals surface area contributed by atoms with Crippen LogP contribution in [0.5, 0.6) is 0 Å². The smallest absolute Gasteiger partial charge is 0.334 e. The number of hydrogen-bond acceptors (Lipinski definition) is 4. The van der Waals surface area contributed by atoms with Gasteiger partial charge in [-0.25, -0.2) is 9.36 Å². The minimum Gasteiger partial charge on any atom is -0.350 e. The van der Waals surface area contributed by atoms with Crippen LogP contribution in [0.3, 0.4) is 0 Å². The molecular weight excluding hydrogens is 420 g/mol. The molecule has 166 valence electrons. The summed E-state index contributed by atoms with van der Waals surface area (Å²) in [7, 11) is 2.06. The first-order valence-corrected chi connectivity index (χ1v) is 12.5. The highest BCUT2D eigenvalue weighted by Gasteiger charge is 2.21. The summed E-state index contributed by atoms with van der Waals surface area (Å²) in [5.41, 5.74) is 3.65. The van der Waals surface area contributed by atoms with E-state index >= 15 is 0 Å². The standard InChI is InChI=1S/C25H28N4O2S/c1-27-14-16(15-28-11-5-6-12-28)19-13-17(9-10-20(19)27)29-24(30)22-18-7-3-2-4-8-21(18)32-23(22)26-25(29)31/h9-10,13-14H,2-8,11-12,15H2,1H3,(H,26,31). The Morgan fingerprint density at radius 1 is 1.03 bits per heavy atom. The van der Waals surface area contributed by atoms with E-state index in [0.29, 0.717) is 5.69 Å². The summed E-state index contributed by atoms with van der Waals surface area (Å²) in [5, 5.41) is 1.84. The number of hydrogen-bond donors (Lipinski definition) is 1. The van der Waals surface area contributed by atoms with Gasteiger partial charge in [-0.15, -0.1) is 11.3 Å². The molecule has 0 radical (unpaired) electrons. The van der Waals surface area contributed by atoms with Gasteiger partial charge >= 0.3 is 5.69 Å². The molecule has 4 aromatic rings. The van der Waals surface area contributed by atoms with Crippen molar-refractivity contribution in [3.05, 3.63) is 61.2 Å². The Morgan fingerprint density at radius 2 is 1.84 bits per heavy atom. The van der Waals surface area contributed by atoms with Crippen molar-refractivity contribution in [3.8, 4) is 5.69 Å². The van der Waals surface area contributed by atoms with Crippen LogP contribution in [0.2, 0.25) is 0 Å². The molecule has 1 saturated heterocycles. The molecule has 1 aromatic carbocycles. The summed E-state index contributed by atoms with van der Waals surface area (Å²) in [6.07, 6.45) is 10.1. The Balaban J connectivity index is 1.52. The molecule has 32 heavy (non-hydrogen) atoms. The van der Waals surface area contributed by atoms with Crippen LogP contribution in [0, 0.1) is 0 Å². The van der Waals surface area contributed by atoms with Gasteiger partial charge in [0, 0.05) is 35.6 Å². The molecule has 0 amide bonds. The van der Waals surface area contributed by atoms with Crippen LogP contribution in [0.25, 0.3) is 26.8 Å². The summed E-state index contributed by atoms with van der Waals surface area (Å²) < 4.78 is 3.48. The first kappa shape index (κ1) is 20.0. The van der Waals surface area contributed by atoms with Gasteiger partial charge in [0.05, 0.1) is 11.1 Å². The second-order valence-corrected chi connectivity index (χ2v) is 10.4. The van der Waals surface area contributed by atoms with Crippen molar-refractivity contribution in [1.29, 1.82) is 0 Å². The number of rotatable bonds is 3. The molecule has 3 aromatic heterocycles. The summed E-state index contributed by atoms with van der Waals surface area (Å²) in [6.45, 7) is 3.17. The van der Waals surface area contributed by atoms with Gasteiger partial charge in [0.1, 0.15) is 4.83 Å². The third kappa shape index (κ3) is 3.18. The maximum Gasteiger partial charge on any atom is 0.334 e. The van der Waals surface area contributed by atoms with Crippen LogP contribution in [-0.2, 0) is 26.4 Å². The second-order valence-electron chi connectivity index (χ2n) is 9.29. The van der Waals surface area contributed by atoms with Crippen LogP contribution < -0.4 is 11.2 Å². The quantitative estimate of drug-likeness (QED) is 0.480. The van der Waals surface area contributed by atoms with Gasteiger partial charge < -0.3 is 4.57 Å². The number of nitrogens with one attached hydrogen (secondary N) is 1. The molecule has 1 fully saturated rings. The topological polar surface area (TPSA) is 63.0 Å². The Labute approximate surface area is 190 Å². The molecule has 4 heterocycles. The fourth-order valence-electron chi connectivity index (χ4n) is 5.56. The number of likely N-dealkylation sites (tertiary alicyclic amines) is 1. The lowest BCUT2D eigenvalue weighted by Crippen LogP contribution is -2.33. The van der Waals surface area contributed by atoms with E-state index in [1.807, 2.05) is 18.2 Å². The average molecular weight is 449 g/mol. The predicted octanol–water partition coefficient (Wildman–Crippen LogP) is 4.10. The first-order valence-electron chi connectivity index (χ1n) is 11.7. The zero-order valence-electron chi connectivity index (χ0n) is 18.4. The average Bonchev–Trinajstić information content (AvgIpc) is 3.43. The lowest BCUT2D eigenvalue weighted by atomic mass is 10.1. The number of nitrogens with zero attached hydrogens (tertiary/aromatic N) is 3. The first-order chi connectivity index (χ1) is 15.6. The fourth-order valence-corrected chi connectivity index (χ4v) is 6.83. The maximum atomic E-state index is 13.6. The minimum absolute atomic E-state index is 0.181. The highest BCUT2D eigenvalue weighted by Crippen LogP contribution is 2.33. The van der Waals surface area contributed by atoms with Crippen molar-refractivity contribution in [2.24, 2.45) is 7.05 Å². The minimum atomic E-state index is -0.352. The molecule has 1 N–H and O–H groups in total. The number of fused-ring (bicyclic) bond motifs is 4. The van der Waals surface area contributed by atoms with E-state index in [2.05, 4.69) is 27.7 Å². The Morgan fingerprint density at radius 3 is 2.69 bits per heavy atom. The summed E-state index contributed by atoms with van der Waals surface area (Å²) >= 11 is 1.59. The number of aromatic nitrogens is 3. The van der Waals surface area contributed by atoms with Gasteiger partial charge in [-0.3, -0.25) is 14.7 Å². The zero-order chi connectivity index (χ0) is 21.8. The Bertz CT molecular complexity index is 1450. The number of aryl methyl sites for hydroxylation is 3. The van der Waals surface area contributed by atoms with E-state index in [-0.39, 0.29) is 11.2 Å². The molecule has 0 saturated carbocycles.